The molecule has 6 nitrogen and oxygen atoms in total. The summed E-state index contributed by atoms with van der Waals surface area (Å²) in [5, 5.41) is 9.49. The van der Waals surface area contributed by atoms with Gasteiger partial charge in [-0.3, -0.25) is 14.5 Å². The molecule has 1 unspecified atom stereocenters. The summed E-state index contributed by atoms with van der Waals surface area (Å²) in [7, 11) is 0. The number of fused-ring (bicyclic) bond motifs is 2. The number of carbonyl (C=O) groups is 2. The fourth-order valence-electron chi connectivity index (χ4n) is 2.90. The highest BCUT2D eigenvalue weighted by atomic mass is 32.1. The van der Waals surface area contributed by atoms with Gasteiger partial charge in [0, 0.05) is 6.07 Å². The summed E-state index contributed by atoms with van der Waals surface area (Å²) in [4.78, 5) is 29.4. The smallest absolute Gasteiger partial charge is 0.307 e. The number of hydrogen-bond donors (Lipinski definition) is 1. The zero-order chi connectivity index (χ0) is 19.1. The lowest BCUT2D eigenvalue weighted by Gasteiger charge is -2.33. The van der Waals surface area contributed by atoms with Crippen LogP contribution in [0.5, 0.6) is 5.75 Å². The van der Waals surface area contributed by atoms with E-state index in [9.17, 15) is 18.4 Å². The van der Waals surface area contributed by atoms with Crippen molar-refractivity contribution >= 4 is 39.1 Å². The lowest BCUT2D eigenvalue weighted by molar-refractivity contribution is -0.142. The molecule has 27 heavy (non-hydrogen) atoms. The maximum absolute atomic E-state index is 13.4. The van der Waals surface area contributed by atoms with E-state index in [1.807, 2.05) is 0 Å². The van der Waals surface area contributed by atoms with E-state index in [1.54, 1.807) is 24.3 Å². The van der Waals surface area contributed by atoms with Crippen LogP contribution >= 0.6 is 11.3 Å². The first-order valence-corrected chi connectivity index (χ1v) is 8.77. The number of halogens is 2. The lowest BCUT2D eigenvalue weighted by atomic mass is 10.1. The summed E-state index contributed by atoms with van der Waals surface area (Å²) in [5.41, 5.74) is 0.783. The van der Waals surface area contributed by atoms with Crippen molar-refractivity contribution in [2.75, 3.05) is 4.90 Å². The van der Waals surface area contributed by atoms with Gasteiger partial charge in [-0.25, -0.2) is 13.8 Å². The normalized spacial score (nSPS) is 16.3. The lowest BCUT2D eigenvalue weighted by Crippen LogP contribution is -2.46. The van der Waals surface area contributed by atoms with Crippen LogP contribution in [0.2, 0.25) is 0 Å². The number of aliphatic carboxylic acids is 1. The van der Waals surface area contributed by atoms with E-state index in [2.05, 4.69) is 4.98 Å². The first-order chi connectivity index (χ1) is 12.9. The predicted molar refractivity (Wildman–Crippen MR) is 93.8 cm³/mol. The van der Waals surface area contributed by atoms with Crippen molar-refractivity contribution in [3.63, 3.8) is 0 Å². The fraction of sp³-hybridized carbons (Fsp3) is 0.167. The Morgan fingerprint density at radius 2 is 2.00 bits per heavy atom. The van der Waals surface area contributed by atoms with E-state index < -0.39 is 36.0 Å². The van der Waals surface area contributed by atoms with Crippen molar-refractivity contribution in [3.05, 3.63) is 53.0 Å². The number of carbonyl (C=O) groups excluding carboxylic acids is 1. The third-order valence-corrected chi connectivity index (χ3v) is 5.10. The summed E-state index contributed by atoms with van der Waals surface area (Å²) in [6.07, 6.45) is -1.62. The topological polar surface area (TPSA) is 79.7 Å². The number of anilines is 1. The molecule has 9 heteroatoms. The number of hydrogen-bond acceptors (Lipinski definition) is 5. The Kier molecular flexibility index (Phi) is 4.23. The first kappa shape index (κ1) is 17.3. The number of benzene rings is 2. The second-order valence-corrected chi connectivity index (χ2v) is 7.05. The second-order valence-electron chi connectivity index (χ2n) is 5.94. The monoisotopic (exact) mass is 390 g/mol. The van der Waals surface area contributed by atoms with Crippen molar-refractivity contribution in [2.45, 2.75) is 19.1 Å². The predicted octanol–water partition coefficient (Wildman–Crippen LogP) is 3.34. The van der Waals surface area contributed by atoms with Crippen molar-refractivity contribution in [1.82, 2.24) is 4.98 Å². The molecule has 2 heterocycles. The van der Waals surface area contributed by atoms with Gasteiger partial charge in [0.2, 0.25) is 0 Å². The van der Waals surface area contributed by atoms with Crippen LogP contribution in [0.1, 0.15) is 11.4 Å². The Morgan fingerprint density at radius 1 is 1.26 bits per heavy atom. The standard InChI is InChI=1S/C18H12F2N2O4S/c19-9-5-11-15(6-10(9)20)27-16(21-11)8-22-12-3-1-2-4-13(12)26-14(18(22)25)7-17(23)24/h1-6,14H,7-8H2,(H,23,24). The van der Waals surface area contributed by atoms with Gasteiger partial charge in [-0.05, 0) is 18.2 Å². The third-order valence-electron chi connectivity index (χ3n) is 4.09. The molecule has 1 amide bonds. The van der Waals surface area contributed by atoms with Gasteiger partial charge in [-0.15, -0.1) is 11.3 Å². The highest BCUT2D eigenvalue weighted by molar-refractivity contribution is 7.18. The summed E-state index contributed by atoms with van der Waals surface area (Å²) in [6.45, 7) is 0.0396. The van der Waals surface area contributed by atoms with Crippen LogP contribution < -0.4 is 9.64 Å². The van der Waals surface area contributed by atoms with Crippen molar-refractivity contribution in [2.24, 2.45) is 0 Å². The molecule has 0 spiro atoms. The van der Waals surface area contributed by atoms with Crippen molar-refractivity contribution < 1.29 is 28.2 Å². The number of rotatable bonds is 4. The average Bonchev–Trinajstić information content (AvgIpc) is 2.99. The van der Waals surface area contributed by atoms with Crippen molar-refractivity contribution in [1.29, 1.82) is 0 Å². The molecule has 0 saturated carbocycles. The van der Waals surface area contributed by atoms with Crippen LogP contribution in [0.4, 0.5) is 14.5 Å². The minimum atomic E-state index is -1.15. The van der Waals surface area contributed by atoms with Gasteiger partial charge in [-0.2, -0.15) is 0 Å². The number of thiazole rings is 1. The number of aromatic nitrogens is 1. The Morgan fingerprint density at radius 3 is 2.78 bits per heavy atom. The number of carboxylic acids is 1. The highest BCUT2D eigenvalue weighted by Gasteiger charge is 2.36. The second kappa shape index (κ2) is 6.58. The van der Waals surface area contributed by atoms with E-state index in [1.165, 1.54) is 4.90 Å². The van der Waals surface area contributed by atoms with Crippen LogP contribution in [0.25, 0.3) is 10.2 Å². The summed E-state index contributed by atoms with van der Waals surface area (Å²) >= 11 is 1.14. The molecule has 138 valence electrons. The number of carboxylic acid groups (broad SMARTS) is 1. The largest absolute Gasteiger partial charge is 0.481 e. The Balaban J connectivity index is 1.71. The van der Waals surface area contributed by atoms with E-state index in [-0.39, 0.29) is 6.54 Å². The molecule has 0 aliphatic carbocycles. The molecular formula is C18H12F2N2O4S. The minimum Gasteiger partial charge on any atom is -0.481 e. The average molecular weight is 390 g/mol. The molecule has 0 saturated heterocycles. The Bertz CT molecular complexity index is 1030. The molecule has 4 rings (SSSR count). The Hall–Kier alpha value is -3.07. The quantitative estimate of drug-likeness (QED) is 0.739. The molecular weight excluding hydrogens is 378 g/mol. The van der Waals surface area contributed by atoms with Crippen molar-refractivity contribution in [3.8, 4) is 5.75 Å². The molecule has 0 fully saturated rings. The zero-order valence-electron chi connectivity index (χ0n) is 13.7. The maximum atomic E-state index is 13.4. The molecule has 1 aliphatic heterocycles. The van der Waals surface area contributed by atoms with Crippen LogP contribution in [0, 0.1) is 11.6 Å². The van der Waals surface area contributed by atoms with E-state index in [0.717, 1.165) is 23.5 Å². The molecule has 1 aromatic heterocycles. The summed E-state index contributed by atoms with van der Waals surface area (Å²) in [6, 6.07) is 8.84. The SMILES string of the molecule is O=C(O)CC1Oc2ccccc2N(Cc2nc3cc(F)c(F)cc3s2)C1=O. The molecule has 1 atom stereocenters. The van der Waals surface area contributed by atoms with Gasteiger partial charge < -0.3 is 9.84 Å². The van der Waals surface area contributed by atoms with Gasteiger partial charge in [0.15, 0.2) is 17.7 Å². The third kappa shape index (κ3) is 3.21. The van der Waals surface area contributed by atoms with Gasteiger partial charge in [0.1, 0.15) is 10.8 Å². The minimum absolute atomic E-state index is 0.0396. The summed E-state index contributed by atoms with van der Waals surface area (Å²) < 4.78 is 32.8. The molecule has 1 aliphatic rings. The molecule has 3 aromatic rings. The van der Waals surface area contributed by atoms with Gasteiger partial charge in [-0.1, -0.05) is 12.1 Å². The van der Waals surface area contributed by atoms with Gasteiger partial charge in [0.25, 0.3) is 5.91 Å². The van der Waals surface area contributed by atoms with Crippen LogP contribution in [-0.2, 0) is 16.1 Å². The first-order valence-electron chi connectivity index (χ1n) is 7.95. The zero-order valence-corrected chi connectivity index (χ0v) is 14.5. The van der Waals surface area contributed by atoms with Crippen LogP contribution in [-0.4, -0.2) is 28.1 Å². The highest BCUT2D eigenvalue weighted by Crippen LogP contribution is 2.36. The fourth-order valence-corrected chi connectivity index (χ4v) is 3.86. The summed E-state index contributed by atoms with van der Waals surface area (Å²) in [5.74, 6) is -3.23. The van der Waals surface area contributed by atoms with Gasteiger partial charge in [0.05, 0.1) is 28.9 Å². The van der Waals surface area contributed by atoms with Crippen LogP contribution in [0.15, 0.2) is 36.4 Å². The maximum Gasteiger partial charge on any atom is 0.307 e. The van der Waals surface area contributed by atoms with Crippen LogP contribution in [0.3, 0.4) is 0 Å². The number of ether oxygens (including phenoxy) is 1. The molecule has 0 bridgehead atoms. The number of amides is 1. The van der Waals surface area contributed by atoms with E-state index in [0.29, 0.717) is 26.7 Å². The van der Waals surface area contributed by atoms with Gasteiger partial charge >= 0.3 is 5.97 Å². The number of para-hydroxylation sites is 2. The number of nitrogens with zero attached hydrogens (tertiary/aromatic N) is 2. The van der Waals surface area contributed by atoms with E-state index in [4.69, 9.17) is 9.84 Å². The molecule has 2 aromatic carbocycles. The molecule has 0 radical (unpaired) electrons. The molecule has 1 N–H and O–H groups in total. The Labute approximate surface area is 155 Å². The van der Waals surface area contributed by atoms with E-state index >= 15 is 0 Å².